The average molecular weight is 291 g/mol. The standard InChI is InChI=1S/C16H22N2O3/c1-2-6-16(5-1)20-12-14(21-16)11-18-9-10-19-15(18)13-3-7-17-8-4-13/h3-4,7-8,14-15H,1-2,5-6,9-12H2/p+1/t14-,15-/m1/s1. The van der Waals surface area contributed by atoms with Crippen LogP contribution in [0.3, 0.4) is 0 Å². The molecule has 1 aliphatic carbocycles. The molecule has 0 amide bonds. The van der Waals surface area contributed by atoms with Crippen molar-refractivity contribution < 1.29 is 19.1 Å². The molecule has 5 heteroatoms. The number of nitrogens with zero attached hydrogens (tertiary/aromatic N) is 1. The summed E-state index contributed by atoms with van der Waals surface area (Å²) in [4.78, 5) is 5.52. The maximum atomic E-state index is 6.25. The largest absolute Gasteiger partial charge is 0.347 e. The molecule has 1 unspecified atom stereocenters. The monoisotopic (exact) mass is 291 g/mol. The number of hydrogen-bond acceptors (Lipinski definition) is 4. The van der Waals surface area contributed by atoms with E-state index >= 15 is 0 Å². The number of rotatable bonds is 3. The number of quaternary nitrogens is 1. The highest BCUT2D eigenvalue weighted by molar-refractivity contribution is 5.11. The zero-order valence-corrected chi connectivity index (χ0v) is 12.3. The van der Waals surface area contributed by atoms with Crippen molar-refractivity contribution in [3.8, 4) is 0 Å². The van der Waals surface area contributed by atoms with Crippen LogP contribution in [0.25, 0.3) is 0 Å². The lowest BCUT2D eigenvalue weighted by Gasteiger charge is -2.24. The summed E-state index contributed by atoms with van der Waals surface area (Å²) in [6.07, 6.45) is 8.54. The maximum Gasteiger partial charge on any atom is 0.218 e. The van der Waals surface area contributed by atoms with E-state index in [-0.39, 0.29) is 18.1 Å². The maximum absolute atomic E-state index is 6.25. The van der Waals surface area contributed by atoms with E-state index in [4.69, 9.17) is 14.2 Å². The molecular weight excluding hydrogens is 268 g/mol. The second-order valence-electron chi connectivity index (χ2n) is 6.31. The van der Waals surface area contributed by atoms with E-state index in [1.165, 1.54) is 23.3 Å². The fourth-order valence-corrected chi connectivity index (χ4v) is 3.82. The van der Waals surface area contributed by atoms with Gasteiger partial charge in [0, 0.05) is 30.8 Å². The van der Waals surface area contributed by atoms with Crippen molar-refractivity contribution in [3.63, 3.8) is 0 Å². The molecule has 0 aromatic carbocycles. The summed E-state index contributed by atoms with van der Waals surface area (Å²) < 4.78 is 18.1. The molecule has 1 saturated carbocycles. The third-order valence-electron chi connectivity index (χ3n) is 4.86. The first-order valence-electron chi connectivity index (χ1n) is 8.03. The van der Waals surface area contributed by atoms with Gasteiger partial charge in [-0.05, 0) is 25.0 Å². The first-order valence-corrected chi connectivity index (χ1v) is 8.03. The third-order valence-corrected chi connectivity index (χ3v) is 4.86. The first kappa shape index (κ1) is 13.6. The van der Waals surface area contributed by atoms with Crippen molar-refractivity contribution >= 4 is 0 Å². The Bertz CT molecular complexity index is 476. The van der Waals surface area contributed by atoms with Crippen LogP contribution in [-0.4, -0.2) is 43.2 Å². The molecule has 0 radical (unpaired) electrons. The van der Waals surface area contributed by atoms with Crippen LogP contribution >= 0.6 is 0 Å². The Morgan fingerprint density at radius 2 is 2.05 bits per heavy atom. The second kappa shape index (κ2) is 5.65. The lowest BCUT2D eigenvalue weighted by atomic mass is 10.2. The first-order chi connectivity index (χ1) is 10.3. The molecule has 114 valence electrons. The van der Waals surface area contributed by atoms with Gasteiger partial charge in [0.15, 0.2) is 5.79 Å². The Morgan fingerprint density at radius 1 is 1.24 bits per heavy atom. The smallest absolute Gasteiger partial charge is 0.218 e. The van der Waals surface area contributed by atoms with Crippen LogP contribution in [0, 0.1) is 0 Å². The van der Waals surface area contributed by atoms with E-state index in [0.717, 1.165) is 39.1 Å². The van der Waals surface area contributed by atoms with Gasteiger partial charge in [0.25, 0.3) is 0 Å². The molecule has 1 aromatic heterocycles. The zero-order valence-electron chi connectivity index (χ0n) is 12.3. The molecule has 0 bridgehead atoms. The van der Waals surface area contributed by atoms with Crippen LogP contribution in [0.5, 0.6) is 0 Å². The molecule has 3 aliphatic rings. The minimum atomic E-state index is -0.253. The zero-order chi connectivity index (χ0) is 14.1. The Morgan fingerprint density at radius 3 is 2.86 bits per heavy atom. The fraction of sp³-hybridized carbons (Fsp3) is 0.688. The van der Waals surface area contributed by atoms with Crippen LogP contribution in [0.4, 0.5) is 0 Å². The normalized spacial score (nSPS) is 34.8. The minimum Gasteiger partial charge on any atom is -0.347 e. The summed E-state index contributed by atoms with van der Waals surface area (Å²) in [6.45, 7) is 3.52. The van der Waals surface area contributed by atoms with Gasteiger partial charge in [-0.25, -0.2) is 0 Å². The van der Waals surface area contributed by atoms with Gasteiger partial charge in [0.1, 0.15) is 25.8 Å². The van der Waals surface area contributed by atoms with E-state index in [1.54, 1.807) is 0 Å². The molecule has 1 aromatic rings. The molecule has 3 fully saturated rings. The highest BCUT2D eigenvalue weighted by Crippen LogP contribution is 2.38. The fourth-order valence-electron chi connectivity index (χ4n) is 3.82. The summed E-state index contributed by atoms with van der Waals surface area (Å²) in [6, 6.07) is 4.08. The Hall–Kier alpha value is -1.01. The van der Waals surface area contributed by atoms with Gasteiger partial charge in [-0.1, -0.05) is 0 Å². The molecule has 1 spiro atoms. The van der Waals surface area contributed by atoms with E-state index < -0.39 is 0 Å². The topological polar surface area (TPSA) is 45.0 Å². The van der Waals surface area contributed by atoms with E-state index in [0.29, 0.717) is 0 Å². The van der Waals surface area contributed by atoms with Crippen molar-refractivity contribution in [2.75, 3.05) is 26.3 Å². The molecule has 2 saturated heterocycles. The van der Waals surface area contributed by atoms with Crippen molar-refractivity contribution in [2.24, 2.45) is 0 Å². The molecule has 4 rings (SSSR count). The van der Waals surface area contributed by atoms with Gasteiger partial charge in [-0.3, -0.25) is 4.98 Å². The van der Waals surface area contributed by atoms with Gasteiger partial charge in [-0.2, -0.15) is 0 Å². The highest BCUT2D eigenvalue weighted by atomic mass is 16.7. The SMILES string of the molecule is c1cc([C@H]2OCC[NH+]2C[C@@H]2COC3(CCCC3)O2)ccn1. The predicted octanol–water partition coefficient (Wildman–Crippen LogP) is 0.681. The van der Waals surface area contributed by atoms with Crippen LogP contribution in [0.2, 0.25) is 0 Å². The third kappa shape index (κ3) is 2.71. The number of ether oxygens (including phenoxy) is 3. The van der Waals surface area contributed by atoms with Crippen molar-refractivity contribution in [3.05, 3.63) is 30.1 Å². The number of hydrogen-bond donors (Lipinski definition) is 1. The minimum absolute atomic E-state index is 0.108. The van der Waals surface area contributed by atoms with E-state index in [2.05, 4.69) is 4.98 Å². The lowest BCUT2D eigenvalue weighted by Crippen LogP contribution is -3.11. The summed E-state index contributed by atoms with van der Waals surface area (Å²) in [5.41, 5.74) is 1.20. The summed E-state index contributed by atoms with van der Waals surface area (Å²) in [5, 5.41) is 0. The van der Waals surface area contributed by atoms with Crippen molar-refractivity contribution in [1.29, 1.82) is 0 Å². The molecule has 21 heavy (non-hydrogen) atoms. The average Bonchev–Trinajstić information content (AvgIpc) is 3.24. The van der Waals surface area contributed by atoms with Crippen LogP contribution < -0.4 is 4.90 Å². The molecular formula is C16H23N2O3+. The number of pyridine rings is 1. The molecule has 1 N–H and O–H groups in total. The number of nitrogens with one attached hydrogen (secondary N) is 1. The molecule has 5 nitrogen and oxygen atoms in total. The summed E-state index contributed by atoms with van der Waals surface area (Å²) >= 11 is 0. The molecule has 3 heterocycles. The van der Waals surface area contributed by atoms with Gasteiger partial charge < -0.3 is 19.1 Å². The second-order valence-corrected chi connectivity index (χ2v) is 6.31. The highest BCUT2D eigenvalue weighted by Gasteiger charge is 2.46. The van der Waals surface area contributed by atoms with E-state index in [9.17, 15) is 0 Å². The lowest BCUT2D eigenvalue weighted by molar-refractivity contribution is -0.934. The Balaban J connectivity index is 1.40. The van der Waals surface area contributed by atoms with Crippen LogP contribution in [-0.2, 0) is 14.2 Å². The Labute approximate surface area is 125 Å². The van der Waals surface area contributed by atoms with Gasteiger partial charge in [-0.15, -0.1) is 0 Å². The van der Waals surface area contributed by atoms with Crippen molar-refractivity contribution in [1.82, 2.24) is 4.98 Å². The Kier molecular flexibility index (Phi) is 3.67. The van der Waals surface area contributed by atoms with Crippen molar-refractivity contribution in [2.45, 2.75) is 43.8 Å². The van der Waals surface area contributed by atoms with Gasteiger partial charge in [0.05, 0.1) is 6.61 Å². The van der Waals surface area contributed by atoms with Crippen LogP contribution in [0.1, 0.15) is 37.5 Å². The quantitative estimate of drug-likeness (QED) is 0.889. The molecule has 2 aliphatic heterocycles. The molecule has 3 atom stereocenters. The van der Waals surface area contributed by atoms with E-state index in [1.807, 2.05) is 24.5 Å². The van der Waals surface area contributed by atoms with Crippen LogP contribution in [0.15, 0.2) is 24.5 Å². The van der Waals surface area contributed by atoms with Gasteiger partial charge in [0.2, 0.25) is 6.23 Å². The number of aromatic nitrogens is 1. The predicted molar refractivity (Wildman–Crippen MR) is 75.7 cm³/mol. The summed E-state index contributed by atoms with van der Waals surface area (Å²) in [5.74, 6) is -0.253. The summed E-state index contributed by atoms with van der Waals surface area (Å²) in [7, 11) is 0. The van der Waals surface area contributed by atoms with Gasteiger partial charge >= 0.3 is 0 Å².